The van der Waals surface area contributed by atoms with Crippen molar-refractivity contribution in [2.24, 2.45) is 5.92 Å². The zero-order valence-electron chi connectivity index (χ0n) is 15.2. The summed E-state index contributed by atoms with van der Waals surface area (Å²) in [6.07, 6.45) is 3.13. The van der Waals surface area contributed by atoms with Crippen LogP contribution >= 0.6 is 0 Å². The van der Waals surface area contributed by atoms with Gasteiger partial charge in [0.1, 0.15) is 0 Å². The monoisotopic (exact) mass is 394 g/mol. The molecule has 0 aromatic carbocycles. The maximum absolute atomic E-state index is 13.0. The van der Waals surface area contributed by atoms with Gasteiger partial charge in [0.15, 0.2) is 9.84 Å². The van der Waals surface area contributed by atoms with Gasteiger partial charge in [0.2, 0.25) is 15.9 Å². The van der Waals surface area contributed by atoms with Gasteiger partial charge in [0.05, 0.1) is 23.2 Å². The Morgan fingerprint density at radius 1 is 1.20 bits per heavy atom. The van der Waals surface area contributed by atoms with Gasteiger partial charge < -0.3 is 4.90 Å². The molecule has 2 unspecified atom stereocenters. The molecule has 0 bridgehead atoms. The maximum atomic E-state index is 13.0. The number of sulfonamides is 1. The van der Waals surface area contributed by atoms with E-state index in [4.69, 9.17) is 0 Å². The minimum atomic E-state index is -3.31. The van der Waals surface area contributed by atoms with Crippen molar-refractivity contribution in [1.29, 1.82) is 0 Å². The van der Waals surface area contributed by atoms with Crippen LogP contribution in [0.1, 0.15) is 46.0 Å². The second kappa shape index (κ2) is 8.35. The van der Waals surface area contributed by atoms with Crippen LogP contribution in [-0.4, -0.2) is 74.9 Å². The molecule has 2 aliphatic rings. The number of piperidine rings is 1. The summed E-state index contributed by atoms with van der Waals surface area (Å²) in [6, 6.07) is -0.264. The molecule has 0 N–H and O–H groups in total. The molecule has 2 saturated heterocycles. The summed E-state index contributed by atoms with van der Waals surface area (Å²) >= 11 is 0. The summed E-state index contributed by atoms with van der Waals surface area (Å²) in [5.74, 6) is -0.181. The molecular formula is C16H30N2O5S2. The molecular weight excluding hydrogens is 364 g/mol. The SMILES string of the molecule is CCCN(C(=O)C1CCCN(S(=O)(=O)CCC)C1)C1CCS(=O)(=O)C1. The molecule has 0 aliphatic carbocycles. The molecule has 0 aromatic rings. The molecule has 146 valence electrons. The topological polar surface area (TPSA) is 91.8 Å². The van der Waals surface area contributed by atoms with Crippen LogP contribution in [-0.2, 0) is 24.7 Å². The summed E-state index contributed by atoms with van der Waals surface area (Å²) < 4.78 is 49.6. The second-order valence-corrected chi connectivity index (χ2v) is 11.4. The first kappa shape index (κ1) is 20.6. The predicted octanol–water partition coefficient (Wildman–Crippen LogP) is 0.864. The smallest absolute Gasteiger partial charge is 0.227 e. The van der Waals surface area contributed by atoms with Gasteiger partial charge in [-0.15, -0.1) is 0 Å². The van der Waals surface area contributed by atoms with Crippen LogP contribution in [0.3, 0.4) is 0 Å². The Hall–Kier alpha value is -0.670. The van der Waals surface area contributed by atoms with Crippen molar-refractivity contribution in [3.05, 3.63) is 0 Å². The number of amides is 1. The first-order valence-electron chi connectivity index (χ1n) is 9.19. The molecule has 0 spiro atoms. The van der Waals surface area contributed by atoms with E-state index in [0.29, 0.717) is 38.8 Å². The molecule has 1 amide bonds. The predicted molar refractivity (Wildman–Crippen MR) is 97.4 cm³/mol. The van der Waals surface area contributed by atoms with Gasteiger partial charge >= 0.3 is 0 Å². The highest BCUT2D eigenvalue weighted by atomic mass is 32.2. The van der Waals surface area contributed by atoms with Gasteiger partial charge in [0, 0.05) is 25.7 Å². The Morgan fingerprint density at radius 2 is 1.92 bits per heavy atom. The summed E-state index contributed by atoms with van der Waals surface area (Å²) in [5, 5.41) is 0. The van der Waals surface area contributed by atoms with Gasteiger partial charge in [-0.05, 0) is 32.1 Å². The van der Waals surface area contributed by atoms with Gasteiger partial charge in [-0.3, -0.25) is 4.79 Å². The molecule has 2 aliphatic heterocycles. The number of hydrogen-bond acceptors (Lipinski definition) is 5. The standard InChI is InChI=1S/C16H30N2O5S2/c1-3-8-18(15-7-11-24(20,21)13-15)16(19)14-6-5-9-17(12-14)25(22,23)10-4-2/h14-15H,3-13H2,1-2H3. The van der Waals surface area contributed by atoms with Gasteiger partial charge in [-0.2, -0.15) is 0 Å². The lowest BCUT2D eigenvalue weighted by molar-refractivity contribution is -0.138. The van der Waals surface area contributed by atoms with Crippen molar-refractivity contribution in [2.45, 2.75) is 52.0 Å². The molecule has 2 heterocycles. The lowest BCUT2D eigenvalue weighted by Crippen LogP contribution is -2.50. The molecule has 0 saturated carbocycles. The Labute approximate surface area is 151 Å². The molecule has 25 heavy (non-hydrogen) atoms. The Kier molecular flexibility index (Phi) is 6.89. The zero-order chi connectivity index (χ0) is 18.7. The lowest BCUT2D eigenvalue weighted by atomic mass is 9.97. The van der Waals surface area contributed by atoms with E-state index in [0.717, 1.165) is 6.42 Å². The molecule has 0 radical (unpaired) electrons. The quantitative estimate of drug-likeness (QED) is 0.639. The maximum Gasteiger partial charge on any atom is 0.227 e. The van der Waals surface area contributed by atoms with E-state index in [1.54, 1.807) is 4.90 Å². The molecule has 2 atom stereocenters. The highest BCUT2D eigenvalue weighted by Gasteiger charge is 2.39. The third-order valence-electron chi connectivity index (χ3n) is 4.99. The number of carbonyl (C=O) groups excluding carboxylic acids is 1. The van der Waals surface area contributed by atoms with Crippen LogP contribution in [0.5, 0.6) is 0 Å². The first-order valence-corrected chi connectivity index (χ1v) is 12.6. The van der Waals surface area contributed by atoms with E-state index >= 15 is 0 Å². The van der Waals surface area contributed by atoms with E-state index in [1.807, 2.05) is 13.8 Å². The number of nitrogens with zero attached hydrogens (tertiary/aromatic N) is 2. The Bertz CT molecular complexity index is 675. The fourth-order valence-electron chi connectivity index (χ4n) is 3.75. The fraction of sp³-hybridized carbons (Fsp3) is 0.938. The summed E-state index contributed by atoms with van der Waals surface area (Å²) in [6.45, 7) is 5.01. The van der Waals surface area contributed by atoms with Crippen LogP contribution < -0.4 is 0 Å². The van der Waals surface area contributed by atoms with Crippen molar-refractivity contribution < 1.29 is 21.6 Å². The number of sulfone groups is 1. The minimum absolute atomic E-state index is 0.0311. The average Bonchev–Trinajstić information content (AvgIpc) is 2.92. The summed E-state index contributed by atoms with van der Waals surface area (Å²) in [5.41, 5.74) is 0. The van der Waals surface area contributed by atoms with Crippen molar-refractivity contribution >= 4 is 25.8 Å². The minimum Gasteiger partial charge on any atom is -0.338 e. The highest BCUT2D eigenvalue weighted by molar-refractivity contribution is 7.91. The van der Waals surface area contributed by atoms with Crippen molar-refractivity contribution in [3.8, 4) is 0 Å². The Morgan fingerprint density at radius 3 is 2.48 bits per heavy atom. The van der Waals surface area contributed by atoms with Crippen molar-refractivity contribution in [3.63, 3.8) is 0 Å². The molecule has 2 fully saturated rings. The number of hydrogen-bond donors (Lipinski definition) is 0. The highest BCUT2D eigenvalue weighted by Crippen LogP contribution is 2.25. The van der Waals surface area contributed by atoms with Crippen molar-refractivity contribution in [1.82, 2.24) is 9.21 Å². The first-order chi connectivity index (χ1) is 11.7. The summed E-state index contributed by atoms with van der Waals surface area (Å²) in [7, 11) is -6.37. The molecule has 0 aromatic heterocycles. The zero-order valence-corrected chi connectivity index (χ0v) is 16.8. The third-order valence-corrected chi connectivity index (χ3v) is 8.78. The van der Waals surface area contributed by atoms with Crippen molar-refractivity contribution in [2.75, 3.05) is 36.9 Å². The van der Waals surface area contributed by atoms with Crippen LogP contribution in [0, 0.1) is 5.92 Å². The van der Waals surface area contributed by atoms with E-state index < -0.39 is 19.9 Å². The molecule has 7 nitrogen and oxygen atoms in total. The largest absolute Gasteiger partial charge is 0.338 e. The number of rotatable bonds is 7. The average molecular weight is 395 g/mol. The fourth-order valence-corrected chi connectivity index (χ4v) is 7.07. The van der Waals surface area contributed by atoms with E-state index in [2.05, 4.69) is 0 Å². The van der Waals surface area contributed by atoms with Crippen LogP contribution in [0.4, 0.5) is 0 Å². The van der Waals surface area contributed by atoms with Gasteiger partial charge in [-0.1, -0.05) is 13.8 Å². The third kappa shape index (κ3) is 5.17. The molecule has 9 heteroatoms. The van der Waals surface area contributed by atoms with E-state index in [1.165, 1.54) is 4.31 Å². The van der Waals surface area contributed by atoms with E-state index in [9.17, 15) is 21.6 Å². The normalized spacial score (nSPS) is 27.3. The van der Waals surface area contributed by atoms with Crippen LogP contribution in [0.15, 0.2) is 0 Å². The van der Waals surface area contributed by atoms with Crippen LogP contribution in [0.2, 0.25) is 0 Å². The lowest BCUT2D eigenvalue weighted by Gasteiger charge is -2.36. The molecule has 2 rings (SSSR count). The van der Waals surface area contributed by atoms with Gasteiger partial charge in [0.25, 0.3) is 0 Å². The Balaban J connectivity index is 2.10. The van der Waals surface area contributed by atoms with E-state index in [-0.39, 0.29) is 41.7 Å². The second-order valence-electron chi connectivity index (χ2n) is 7.10. The van der Waals surface area contributed by atoms with Gasteiger partial charge in [-0.25, -0.2) is 21.1 Å². The summed E-state index contributed by atoms with van der Waals surface area (Å²) in [4.78, 5) is 14.7. The van der Waals surface area contributed by atoms with Crippen LogP contribution in [0.25, 0.3) is 0 Å². The number of carbonyl (C=O) groups is 1.